The zero-order valence-electron chi connectivity index (χ0n) is 9.85. The number of benzene rings is 1. The number of thioether (sulfide) groups is 1. The van der Waals surface area contributed by atoms with Gasteiger partial charge in [0.15, 0.2) is 0 Å². The zero-order valence-corrected chi connectivity index (χ0v) is 10.7. The van der Waals surface area contributed by atoms with Crippen molar-refractivity contribution in [2.45, 2.75) is 24.3 Å². The number of phenols is 1. The molecule has 0 fully saturated rings. The van der Waals surface area contributed by atoms with Gasteiger partial charge in [-0.2, -0.15) is 0 Å². The Morgan fingerprint density at radius 1 is 1.47 bits per heavy atom. The average Bonchev–Trinajstić information content (AvgIpc) is 2.28. The number of carbonyl (C=O) groups is 1. The van der Waals surface area contributed by atoms with Gasteiger partial charge in [0, 0.05) is 17.5 Å². The first-order valence-electron chi connectivity index (χ1n) is 5.52. The highest BCUT2D eigenvalue weighted by Crippen LogP contribution is 2.20. The monoisotopic (exact) mass is 254 g/mol. The fraction of sp³-hybridized carbons (Fsp3) is 0.417. The number of rotatable bonds is 6. The fourth-order valence-electron chi connectivity index (χ4n) is 1.18. The van der Waals surface area contributed by atoms with Crippen LogP contribution in [0.15, 0.2) is 29.2 Å². The van der Waals surface area contributed by atoms with Crippen LogP contribution in [0.4, 0.5) is 0 Å². The highest BCUT2D eigenvalue weighted by molar-refractivity contribution is 8.00. The third-order valence-electron chi connectivity index (χ3n) is 2.13. The van der Waals surface area contributed by atoms with E-state index in [1.807, 2.05) is 6.92 Å². The van der Waals surface area contributed by atoms with Crippen molar-refractivity contribution in [2.24, 2.45) is 5.73 Å². The summed E-state index contributed by atoms with van der Waals surface area (Å²) in [6.45, 7) is 2.53. The lowest BCUT2D eigenvalue weighted by Gasteiger charge is -2.07. The zero-order chi connectivity index (χ0) is 12.7. The summed E-state index contributed by atoms with van der Waals surface area (Å²) in [5.41, 5.74) is 5.58. The van der Waals surface area contributed by atoms with Crippen LogP contribution in [0.1, 0.15) is 13.3 Å². The van der Waals surface area contributed by atoms with E-state index >= 15 is 0 Å². The molecule has 94 valence electrons. The Balaban J connectivity index is 2.21. The summed E-state index contributed by atoms with van der Waals surface area (Å²) in [5.74, 6) is 0.614. The van der Waals surface area contributed by atoms with Crippen LogP contribution in [0.2, 0.25) is 0 Å². The summed E-state index contributed by atoms with van der Waals surface area (Å²) < 4.78 is 0. The lowest BCUT2D eigenvalue weighted by molar-refractivity contribution is -0.118. The summed E-state index contributed by atoms with van der Waals surface area (Å²) in [6, 6.07) is 6.90. The molecule has 0 aliphatic carbocycles. The SMILES string of the molecule is CC(N)CCNC(=O)CSc1ccc(O)cc1. The maximum absolute atomic E-state index is 11.4. The standard InChI is InChI=1S/C12H18N2O2S/c1-9(13)6-7-14-12(16)8-17-11-4-2-10(15)3-5-11/h2-5,9,15H,6-8,13H2,1H3,(H,14,16). The first-order valence-corrected chi connectivity index (χ1v) is 6.50. The van der Waals surface area contributed by atoms with Crippen LogP contribution in [0, 0.1) is 0 Å². The van der Waals surface area contributed by atoms with E-state index in [4.69, 9.17) is 10.8 Å². The van der Waals surface area contributed by atoms with Crippen LogP contribution in [0.5, 0.6) is 5.75 Å². The molecule has 4 nitrogen and oxygen atoms in total. The van der Waals surface area contributed by atoms with Gasteiger partial charge in [-0.1, -0.05) is 0 Å². The van der Waals surface area contributed by atoms with Crippen LogP contribution < -0.4 is 11.1 Å². The van der Waals surface area contributed by atoms with Gasteiger partial charge in [0.1, 0.15) is 5.75 Å². The Kier molecular flexibility index (Phi) is 5.86. The second kappa shape index (κ2) is 7.19. The van der Waals surface area contributed by atoms with Gasteiger partial charge in [-0.15, -0.1) is 11.8 Å². The van der Waals surface area contributed by atoms with Gasteiger partial charge in [-0.3, -0.25) is 4.79 Å². The third kappa shape index (κ3) is 6.19. The van der Waals surface area contributed by atoms with E-state index in [0.717, 1.165) is 11.3 Å². The smallest absolute Gasteiger partial charge is 0.230 e. The van der Waals surface area contributed by atoms with Crippen molar-refractivity contribution < 1.29 is 9.90 Å². The van der Waals surface area contributed by atoms with E-state index in [2.05, 4.69) is 5.32 Å². The molecule has 4 N–H and O–H groups in total. The predicted octanol–water partition coefficient (Wildman–Crippen LogP) is 1.34. The highest BCUT2D eigenvalue weighted by Gasteiger charge is 2.03. The van der Waals surface area contributed by atoms with Crippen LogP contribution in [-0.4, -0.2) is 29.4 Å². The normalized spacial score (nSPS) is 12.1. The molecular weight excluding hydrogens is 236 g/mol. The molecule has 0 saturated carbocycles. The van der Waals surface area contributed by atoms with Crippen molar-refractivity contribution in [3.05, 3.63) is 24.3 Å². The molecule has 1 amide bonds. The molecule has 0 aliphatic rings. The molecular formula is C12H18N2O2S. The van der Waals surface area contributed by atoms with E-state index < -0.39 is 0 Å². The van der Waals surface area contributed by atoms with Crippen molar-refractivity contribution in [2.75, 3.05) is 12.3 Å². The van der Waals surface area contributed by atoms with Gasteiger partial charge in [-0.05, 0) is 37.6 Å². The van der Waals surface area contributed by atoms with Gasteiger partial charge in [0.05, 0.1) is 5.75 Å². The third-order valence-corrected chi connectivity index (χ3v) is 3.14. The van der Waals surface area contributed by atoms with Crippen molar-refractivity contribution in [1.29, 1.82) is 0 Å². The minimum Gasteiger partial charge on any atom is -0.508 e. The number of carbonyl (C=O) groups excluding carboxylic acids is 1. The fourth-order valence-corrected chi connectivity index (χ4v) is 1.91. The quantitative estimate of drug-likeness (QED) is 0.670. The van der Waals surface area contributed by atoms with Crippen LogP contribution in [-0.2, 0) is 4.79 Å². The molecule has 17 heavy (non-hydrogen) atoms. The Morgan fingerprint density at radius 2 is 2.12 bits per heavy atom. The lowest BCUT2D eigenvalue weighted by Crippen LogP contribution is -2.30. The van der Waals surface area contributed by atoms with E-state index in [-0.39, 0.29) is 17.7 Å². The van der Waals surface area contributed by atoms with Gasteiger partial charge in [0.25, 0.3) is 0 Å². The number of aromatic hydroxyl groups is 1. The summed E-state index contributed by atoms with van der Waals surface area (Å²) in [6.07, 6.45) is 0.787. The molecule has 0 aromatic heterocycles. The van der Waals surface area contributed by atoms with Gasteiger partial charge in [-0.25, -0.2) is 0 Å². The molecule has 0 heterocycles. The van der Waals surface area contributed by atoms with E-state index in [0.29, 0.717) is 12.3 Å². The Bertz CT molecular complexity index is 352. The highest BCUT2D eigenvalue weighted by atomic mass is 32.2. The summed E-state index contributed by atoms with van der Waals surface area (Å²) in [4.78, 5) is 12.4. The molecule has 0 aliphatic heterocycles. The first kappa shape index (κ1) is 13.9. The van der Waals surface area contributed by atoms with Crippen LogP contribution >= 0.6 is 11.8 Å². The molecule has 5 heteroatoms. The van der Waals surface area contributed by atoms with Gasteiger partial charge < -0.3 is 16.2 Å². The topological polar surface area (TPSA) is 75.3 Å². The molecule has 1 atom stereocenters. The molecule has 0 saturated heterocycles. The molecule has 0 bridgehead atoms. The van der Waals surface area contributed by atoms with Gasteiger partial charge >= 0.3 is 0 Å². The van der Waals surface area contributed by atoms with E-state index in [9.17, 15) is 4.79 Å². The summed E-state index contributed by atoms with van der Waals surface area (Å²) >= 11 is 1.44. The number of nitrogens with one attached hydrogen (secondary N) is 1. The van der Waals surface area contributed by atoms with Crippen molar-refractivity contribution in [1.82, 2.24) is 5.32 Å². The Hall–Kier alpha value is -1.20. The first-order chi connectivity index (χ1) is 8.08. The minimum absolute atomic E-state index is 0.00345. The molecule has 1 rings (SSSR count). The predicted molar refractivity (Wildman–Crippen MR) is 70.1 cm³/mol. The summed E-state index contributed by atoms with van der Waals surface area (Å²) in [5, 5.41) is 11.9. The van der Waals surface area contributed by atoms with Gasteiger partial charge in [0.2, 0.25) is 5.91 Å². The minimum atomic E-state index is 0.00345. The molecule has 1 aromatic carbocycles. The summed E-state index contributed by atoms with van der Waals surface area (Å²) in [7, 11) is 0. The lowest BCUT2D eigenvalue weighted by atomic mass is 10.2. The largest absolute Gasteiger partial charge is 0.508 e. The van der Waals surface area contributed by atoms with Crippen LogP contribution in [0.3, 0.4) is 0 Å². The van der Waals surface area contributed by atoms with Crippen molar-refractivity contribution >= 4 is 17.7 Å². The average molecular weight is 254 g/mol. The molecule has 0 spiro atoms. The maximum Gasteiger partial charge on any atom is 0.230 e. The second-order valence-corrected chi connectivity index (χ2v) is 4.95. The maximum atomic E-state index is 11.4. The number of hydrogen-bond donors (Lipinski definition) is 3. The van der Waals surface area contributed by atoms with E-state index in [1.165, 1.54) is 11.8 Å². The number of nitrogens with two attached hydrogens (primary N) is 1. The van der Waals surface area contributed by atoms with Crippen LogP contribution in [0.25, 0.3) is 0 Å². The van der Waals surface area contributed by atoms with Crippen molar-refractivity contribution in [3.63, 3.8) is 0 Å². The number of phenolic OH excluding ortho intramolecular Hbond substituents is 1. The van der Waals surface area contributed by atoms with Crippen molar-refractivity contribution in [3.8, 4) is 5.75 Å². The molecule has 0 radical (unpaired) electrons. The Morgan fingerprint density at radius 3 is 2.71 bits per heavy atom. The number of amides is 1. The Labute approximate surface area is 106 Å². The second-order valence-electron chi connectivity index (χ2n) is 3.90. The van der Waals surface area contributed by atoms with E-state index in [1.54, 1.807) is 24.3 Å². The molecule has 1 aromatic rings. The molecule has 1 unspecified atom stereocenters. The number of hydrogen-bond acceptors (Lipinski definition) is 4.